The lowest BCUT2D eigenvalue weighted by Crippen LogP contribution is -2.43. The van der Waals surface area contributed by atoms with Crippen LogP contribution in [0.5, 0.6) is 0 Å². The molecule has 2 aromatic rings. The quantitative estimate of drug-likeness (QED) is 0.799. The number of piperidine rings is 1. The summed E-state index contributed by atoms with van der Waals surface area (Å²) in [6.45, 7) is 3.03. The molecule has 3 rings (SSSR count). The minimum Gasteiger partial charge on any atom is -0.466 e. The van der Waals surface area contributed by atoms with Gasteiger partial charge < -0.3 is 9.64 Å². The van der Waals surface area contributed by atoms with E-state index in [1.807, 2.05) is 0 Å². The molecule has 1 aliphatic rings. The number of rotatable bonds is 4. The topological polar surface area (TPSA) is 64.4 Å². The van der Waals surface area contributed by atoms with Crippen LogP contribution in [-0.4, -0.2) is 46.0 Å². The first-order valence-electron chi connectivity index (χ1n) is 8.34. The van der Waals surface area contributed by atoms with Crippen LogP contribution in [0.4, 0.5) is 4.39 Å². The van der Waals surface area contributed by atoms with Gasteiger partial charge in [0.05, 0.1) is 25.0 Å². The fraction of sp³-hybridized carbons (Fsp3) is 0.389. The standard InChI is InChI=1S/C18H20FN3O3/c1-2-25-18(24)13-4-3-9-21(11-13)17(23)16-10-20-12-22(16)15-7-5-14(19)6-8-15/h5-8,10,12-13H,2-4,9,11H2,1H3/t13-/m1/s1. The molecule has 2 heterocycles. The smallest absolute Gasteiger partial charge is 0.310 e. The lowest BCUT2D eigenvalue weighted by molar-refractivity contribution is -0.149. The number of carbonyl (C=O) groups is 2. The molecular weight excluding hydrogens is 325 g/mol. The number of amides is 1. The van der Waals surface area contributed by atoms with Gasteiger partial charge in [0.1, 0.15) is 11.5 Å². The Labute approximate surface area is 145 Å². The zero-order chi connectivity index (χ0) is 17.8. The Morgan fingerprint density at radius 1 is 1.32 bits per heavy atom. The fourth-order valence-corrected chi connectivity index (χ4v) is 3.04. The van der Waals surface area contributed by atoms with Gasteiger partial charge in [-0.2, -0.15) is 0 Å². The summed E-state index contributed by atoms with van der Waals surface area (Å²) in [5.41, 5.74) is 1.04. The molecule has 1 saturated heterocycles. The van der Waals surface area contributed by atoms with Crippen molar-refractivity contribution in [1.82, 2.24) is 14.5 Å². The SMILES string of the molecule is CCOC(=O)[C@@H]1CCCN(C(=O)c2cncn2-c2ccc(F)cc2)C1. The van der Waals surface area contributed by atoms with Gasteiger partial charge in [-0.05, 0) is 44.0 Å². The summed E-state index contributed by atoms with van der Waals surface area (Å²) in [6.07, 6.45) is 4.48. The number of esters is 1. The van der Waals surface area contributed by atoms with Crippen LogP contribution in [0.1, 0.15) is 30.3 Å². The van der Waals surface area contributed by atoms with E-state index in [2.05, 4.69) is 4.98 Å². The molecule has 0 unspecified atom stereocenters. The van der Waals surface area contributed by atoms with Crippen LogP contribution in [0.25, 0.3) is 5.69 Å². The minimum atomic E-state index is -0.343. The predicted octanol–water partition coefficient (Wildman–Crippen LogP) is 2.43. The van der Waals surface area contributed by atoms with E-state index in [0.717, 1.165) is 12.8 Å². The van der Waals surface area contributed by atoms with Gasteiger partial charge >= 0.3 is 5.97 Å². The predicted molar refractivity (Wildman–Crippen MR) is 88.8 cm³/mol. The number of imidazole rings is 1. The van der Waals surface area contributed by atoms with Crippen molar-refractivity contribution < 1.29 is 18.7 Å². The molecule has 1 amide bonds. The second-order valence-corrected chi connectivity index (χ2v) is 5.97. The lowest BCUT2D eigenvalue weighted by atomic mass is 9.98. The second-order valence-electron chi connectivity index (χ2n) is 5.97. The molecule has 7 heteroatoms. The highest BCUT2D eigenvalue weighted by Crippen LogP contribution is 2.21. The van der Waals surface area contributed by atoms with Crippen LogP contribution in [0, 0.1) is 11.7 Å². The van der Waals surface area contributed by atoms with E-state index < -0.39 is 0 Å². The van der Waals surface area contributed by atoms with E-state index >= 15 is 0 Å². The van der Waals surface area contributed by atoms with Gasteiger partial charge in [-0.1, -0.05) is 0 Å². The van der Waals surface area contributed by atoms with Gasteiger partial charge in [-0.3, -0.25) is 14.2 Å². The molecule has 0 spiro atoms. The highest BCUT2D eigenvalue weighted by Gasteiger charge is 2.31. The highest BCUT2D eigenvalue weighted by molar-refractivity contribution is 5.93. The van der Waals surface area contributed by atoms with Crippen molar-refractivity contribution in [3.8, 4) is 5.69 Å². The summed E-state index contributed by atoms with van der Waals surface area (Å²) in [5, 5.41) is 0. The molecule has 1 aromatic carbocycles. The molecule has 6 nitrogen and oxygen atoms in total. The average Bonchev–Trinajstić information content (AvgIpc) is 3.11. The van der Waals surface area contributed by atoms with Gasteiger partial charge in [-0.25, -0.2) is 9.37 Å². The molecule has 1 atom stereocenters. The molecule has 0 saturated carbocycles. The monoisotopic (exact) mass is 345 g/mol. The number of halogens is 1. The first kappa shape index (κ1) is 17.1. The van der Waals surface area contributed by atoms with Crippen molar-refractivity contribution in [2.24, 2.45) is 5.92 Å². The Bertz CT molecular complexity index is 757. The maximum Gasteiger partial charge on any atom is 0.310 e. The van der Waals surface area contributed by atoms with E-state index in [1.165, 1.54) is 24.7 Å². The van der Waals surface area contributed by atoms with E-state index in [0.29, 0.717) is 31.1 Å². The van der Waals surface area contributed by atoms with Crippen LogP contribution in [0.15, 0.2) is 36.8 Å². The summed E-state index contributed by atoms with van der Waals surface area (Å²) < 4.78 is 19.8. The first-order valence-corrected chi connectivity index (χ1v) is 8.34. The third-order valence-corrected chi connectivity index (χ3v) is 4.29. The second kappa shape index (κ2) is 7.46. The van der Waals surface area contributed by atoms with Crippen LogP contribution in [-0.2, 0) is 9.53 Å². The number of likely N-dealkylation sites (tertiary alicyclic amines) is 1. The summed E-state index contributed by atoms with van der Waals surface area (Å²) in [6, 6.07) is 5.85. The lowest BCUT2D eigenvalue weighted by Gasteiger charge is -2.31. The number of hydrogen-bond donors (Lipinski definition) is 0. The summed E-state index contributed by atoms with van der Waals surface area (Å²) in [5.74, 6) is -1.09. The van der Waals surface area contributed by atoms with Crippen LogP contribution >= 0.6 is 0 Å². The van der Waals surface area contributed by atoms with Crippen molar-refractivity contribution in [3.05, 3.63) is 48.3 Å². The fourth-order valence-electron chi connectivity index (χ4n) is 3.04. The number of ether oxygens (including phenoxy) is 1. The first-order chi connectivity index (χ1) is 12.1. The molecule has 0 aliphatic carbocycles. The third kappa shape index (κ3) is 3.70. The number of nitrogens with zero attached hydrogens (tertiary/aromatic N) is 3. The molecule has 25 heavy (non-hydrogen) atoms. The maximum absolute atomic E-state index is 13.1. The largest absolute Gasteiger partial charge is 0.466 e. The summed E-state index contributed by atoms with van der Waals surface area (Å²) in [7, 11) is 0. The molecule has 132 valence electrons. The Morgan fingerprint density at radius 3 is 2.80 bits per heavy atom. The van der Waals surface area contributed by atoms with Gasteiger partial charge in [0.15, 0.2) is 0 Å². The number of aromatic nitrogens is 2. The molecule has 1 fully saturated rings. The third-order valence-electron chi connectivity index (χ3n) is 4.29. The average molecular weight is 345 g/mol. The Morgan fingerprint density at radius 2 is 2.08 bits per heavy atom. The van der Waals surface area contributed by atoms with Crippen molar-refractivity contribution in [2.45, 2.75) is 19.8 Å². The van der Waals surface area contributed by atoms with E-state index in [4.69, 9.17) is 4.74 Å². The minimum absolute atomic E-state index is 0.198. The Kier molecular flexibility index (Phi) is 5.11. The molecule has 0 N–H and O–H groups in total. The van der Waals surface area contributed by atoms with Gasteiger partial charge in [0, 0.05) is 18.8 Å². The van der Waals surface area contributed by atoms with Gasteiger partial charge in [0.2, 0.25) is 0 Å². The van der Waals surface area contributed by atoms with E-state index in [9.17, 15) is 14.0 Å². The van der Waals surface area contributed by atoms with E-state index in [1.54, 1.807) is 28.5 Å². The van der Waals surface area contributed by atoms with E-state index in [-0.39, 0.29) is 23.6 Å². The zero-order valence-corrected chi connectivity index (χ0v) is 14.0. The molecular formula is C18H20FN3O3. The highest BCUT2D eigenvalue weighted by atomic mass is 19.1. The van der Waals surface area contributed by atoms with Crippen LogP contribution in [0.3, 0.4) is 0 Å². The zero-order valence-electron chi connectivity index (χ0n) is 14.0. The van der Waals surface area contributed by atoms with Crippen molar-refractivity contribution >= 4 is 11.9 Å². The number of hydrogen-bond acceptors (Lipinski definition) is 4. The summed E-state index contributed by atoms with van der Waals surface area (Å²) >= 11 is 0. The molecule has 1 aliphatic heterocycles. The van der Waals surface area contributed by atoms with Crippen molar-refractivity contribution in [3.63, 3.8) is 0 Å². The Hall–Kier alpha value is -2.70. The van der Waals surface area contributed by atoms with Crippen molar-refractivity contribution in [2.75, 3.05) is 19.7 Å². The van der Waals surface area contributed by atoms with Crippen LogP contribution in [0.2, 0.25) is 0 Å². The number of benzene rings is 1. The maximum atomic E-state index is 13.1. The molecule has 1 aromatic heterocycles. The summed E-state index contributed by atoms with van der Waals surface area (Å²) in [4.78, 5) is 30.6. The normalized spacial score (nSPS) is 17.4. The van der Waals surface area contributed by atoms with Crippen molar-refractivity contribution in [1.29, 1.82) is 0 Å². The van der Waals surface area contributed by atoms with Gasteiger partial charge in [0.25, 0.3) is 5.91 Å². The Balaban J connectivity index is 1.78. The molecule has 0 bridgehead atoms. The van der Waals surface area contributed by atoms with Gasteiger partial charge in [-0.15, -0.1) is 0 Å². The number of carbonyl (C=O) groups excluding carboxylic acids is 2. The van der Waals surface area contributed by atoms with Crippen LogP contribution < -0.4 is 0 Å². The molecule has 0 radical (unpaired) electrons.